The van der Waals surface area contributed by atoms with E-state index in [4.69, 9.17) is 5.73 Å². The van der Waals surface area contributed by atoms with Crippen molar-refractivity contribution in [3.05, 3.63) is 29.8 Å². The molecule has 1 heterocycles. The van der Waals surface area contributed by atoms with E-state index in [0.717, 1.165) is 12.1 Å². The fraction of sp³-hybridized carbons (Fsp3) is 0.591. The van der Waals surface area contributed by atoms with Gasteiger partial charge in [0, 0.05) is 38.0 Å². The van der Waals surface area contributed by atoms with Gasteiger partial charge in [-0.25, -0.2) is 0 Å². The second-order valence-electron chi connectivity index (χ2n) is 8.15. The SMILES string of the molecule is N#CC1(NC(=O)CCC2CCCCC2)CCN(c2ccccc2C(N)=O)CC1. The molecule has 1 aliphatic heterocycles. The second kappa shape index (κ2) is 9.09. The van der Waals surface area contributed by atoms with E-state index < -0.39 is 11.4 Å². The predicted molar refractivity (Wildman–Crippen MR) is 109 cm³/mol. The van der Waals surface area contributed by atoms with E-state index >= 15 is 0 Å². The fourth-order valence-corrected chi connectivity index (χ4v) is 4.49. The molecule has 0 spiro atoms. The zero-order valence-electron chi connectivity index (χ0n) is 16.5. The number of carbonyl (C=O) groups is 2. The summed E-state index contributed by atoms with van der Waals surface area (Å²) in [6.07, 6.45) is 8.81. The number of hydrogen-bond acceptors (Lipinski definition) is 4. The van der Waals surface area contributed by atoms with Gasteiger partial charge in [0.1, 0.15) is 5.54 Å². The number of nitrogens with one attached hydrogen (secondary N) is 1. The Hall–Kier alpha value is -2.55. The van der Waals surface area contributed by atoms with Crippen LogP contribution in [0.25, 0.3) is 0 Å². The van der Waals surface area contributed by atoms with Gasteiger partial charge in [0.15, 0.2) is 0 Å². The molecule has 0 bridgehead atoms. The van der Waals surface area contributed by atoms with Crippen LogP contribution in [0.1, 0.15) is 68.1 Å². The van der Waals surface area contributed by atoms with Crippen molar-refractivity contribution in [2.24, 2.45) is 11.7 Å². The summed E-state index contributed by atoms with van der Waals surface area (Å²) >= 11 is 0. The summed E-state index contributed by atoms with van der Waals surface area (Å²) in [7, 11) is 0. The molecule has 1 aromatic carbocycles. The molecular weight excluding hydrogens is 352 g/mol. The number of carbonyl (C=O) groups excluding carboxylic acids is 2. The van der Waals surface area contributed by atoms with Gasteiger partial charge < -0.3 is 16.0 Å². The molecule has 2 fully saturated rings. The minimum Gasteiger partial charge on any atom is -0.371 e. The lowest BCUT2D eigenvalue weighted by molar-refractivity contribution is -0.123. The first-order chi connectivity index (χ1) is 13.5. The monoisotopic (exact) mass is 382 g/mol. The van der Waals surface area contributed by atoms with Gasteiger partial charge in [-0.05, 0) is 24.5 Å². The van der Waals surface area contributed by atoms with Crippen LogP contribution in [-0.2, 0) is 4.79 Å². The number of benzene rings is 1. The van der Waals surface area contributed by atoms with Gasteiger partial charge in [-0.1, -0.05) is 44.2 Å². The van der Waals surface area contributed by atoms with E-state index in [0.29, 0.717) is 43.8 Å². The number of anilines is 1. The van der Waals surface area contributed by atoms with Crippen LogP contribution in [0.4, 0.5) is 5.69 Å². The van der Waals surface area contributed by atoms with Gasteiger partial charge in [0.05, 0.1) is 11.6 Å². The molecule has 0 unspecified atom stereocenters. The Morgan fingerprint density at radius 3 is 2.50 bits per heavy atom. The van der Waals surface area contributed by atoms with Crippen LogP contribution in [-0.4, -0.2) is 30.4 Å². The molecule has 0 radical (unpaired) electrons. The van der Waals surface area contributed by atoms with Crippen LogP contribution in [0.5, 0.6) is 0 Å². The topological polar surface area (TPSA) is 99.2 Å². The van der Waals surface area contributed by atoms with Gasteiger partial charge >= 0.3 is 0 Å². The maximum atomic E-state index is 12.5. The maximum absolute atomic E-state index is 12.5. The third-order valence-corrected chi connectivity index (χ3v) is 6.22. The molecular formula is C22H30N4O2. The highest BCUT2D eigenvalue weighted by molar-refractivity contribution is 5.98. The van der Waals surface area contributed by atoms with Gasteiger partial charge in [-0.3, -0.25) is 9.59 Å². The molecule has 1 saturated carbocycles. The summed E-state index contributed by atoms with van der Waals surface area (Å²) in [5.41, 5.74) is 5.95. The van der Waals surface area contributed by atoms with Crippen molar-refractivity contribution < 1.29 is 9.59 Å². The lowest BCUT2D eigenvalue weighted by atomic mass is 9.85. The summed E-state index contributed by atoms with van der Waals surface area (Å²) < 4.78 is 0. The van der Waals surface area contributed by atoms with E-state index in [1.165, 1.54) is 32.1 Å². The molecule has 3 rings (SSSR count). The quantitative estimate of drug-likeness (QED) is 0.789. The first-order valence-corrected chi connectivity index (χ1v) is 10.4. The average molecular weight is 383 g/mol. The fourth-order valence-electron chi connectivity index (χ4n) is 4.49. The van der Waals surface area contributed by atoms with Gasteiger partial charge in [0.2, 0.25) is 5.91 Å². The molecule has 0 aromatic heterocycles. The number of amides is 2. The summed E-state index contributed by atoms with van der Waals surface area (Å²) in [6.45, 7) is 1.20. The van der Waals surface area contributed by atoms with E-state index in [1.54, 1.807) is 12.1 Å². The number of para-hydroxylation sites is 1. The Morgan fingerprint density at radius 2 is 1.86 bits per heavy atom. The number of rotatable bonds is 6. The van der Waals surface area contributed by atoms with Crippen LogP contribution < -0.4 is 16.0 Å². The molecule has 1 aromatic rings. The molecule has 2 amide bonds. The Bertz CT molecular complexity index is 741. The van der Waals surface area contributed by atoms with Crippen molar-refractivity contribution in [2.75, 3.05) is 18.0 Å². The van der Waals surface area contributed by atoms with Crippen molar-refractivity contribution in [1.29, 1.82) is 5.26 Å². The first-order valence-electron chi connectivity index (χ1n) is 10.4. The van der Waals surface area contributed by atoms with Gasteiger partial charge in [-0.2, -0.15) is 5.26 Å². The average Bonchev–Trinajstić information content (AvgIpc) is 2.73. The van der Waals surface area contributed by atoms with Crippen LogP contribution in [0.15, 0.2) is 24.3 Å². The minimum atomic E-state index is -0.818. The molecule has 150 valence electrons. The highest BCUT2D eigenvalue weighted by atomic mass is 16.2. The molecule has 1 saturated heterocycles. The zero-order chi connectivity index (χ0) is 20.0. The van der Waals surface area contributed by atoms with Crippen LogP contribution in [0.2, 0.25) is 0 Å². The summed E-state index contributed by atoms with van der Waals surface area (Å²) in [5, 5.41) is 12.8. The third-order valence-electron chi connectivity index (χ3n) is 6.22. The summed E-state index contributed by atoms with van der Waals surface area (Å²) in [6, 6.07) is 9.61. The number of piperidine rings is 1. The van der Waals surface area contributed by atoms with Crippen molar-refractivity contribution in [3.8, 4) is 6.07 Å². The normalized spacial score (nSPS) is 19.6. The number of nitrogens with zero attached hydrogens (tertiary/aromatic N) is 2. The van der Waals surface area contributed by atoms with Crippen molar-refractivity contribution in [2.45, 2.75) is 63.3 Å². The minimum absolute atomic E-state index is 0.0156. The lowest BCUT2D eigenvalue weighted by Gasteiger charge is -2.39. The molecule has 6 heteroatoms. The summed E-state index contributed by atoms with van der Waals surface area (Å²) in [4.78, 5) is 26.2. The van der Waals surface area contributed by atoms with Crippen LogP contribution >= 0.6 is 0 Å². The molecule has 2 aliphatic rings. The highest BCUT2D eigenvalue weighted by Crippen LogP contribution is 2.30. The molecule has 1 aliphatic carbocycles. The van der Waals surface area contributed by atoms with Gasteiger partial charge in [-0.15, -0.1) is 0 Å². The summed E-state index contributed by atoms with van der Waals surface area (Å²) in [5.74, 6) is 0.187. The number of hydrogen-bond donors (Lipinski definition) is 2. The molecule has 0 atom stereocenters. The zero-order valence-corrected chi connectivity index (χ0v) is 16.5. The second-order valence-corrected chi connectivity index (χ2v) is 8.15. The third kappa shape index (κ3) is 4.83. The van der Waals surface area contributed by atoms with Crippen molar-refractivity contribution >= 4 is 17.5 Å². The van der Waals surface area contributed by atoms with Crippen molar-refractivity contribution in [3.63, 3.8) is 0 Å². The lowest BCUT2D eigenvalue weighted by Crippen LogP contribution is -2.54. The number of primary amides is 1. The first kappa shape index (κ1) is 20.2. The molecule has 6 nitrogen and oxygen atoms in total. The number of nitrogens with two attached hydrogens (primary N) is 1. The van der Waals surface area contributed by atoms with E-state index in [1.807, 2.05) is 12.1 Å². The highest BCUT2D eigenvalue weighted by Gasteiger charge is 2.36. The van der Waals surface area contributed by atoms with E-state index in [9.17, 15) is 14.9 Å². The Morgan fingerprint density at radius 1 is 1.18 bits per heavy atom. The van der Waals surface area contributed by atoms with Crippen LogP contribution in [0, 0.1) is 17.2 Å². The standard InChI is InChI=1S/C22H30N4O2/c23-16-22(25-20(27)11-10-17-6-2-1-3-7-17)12-14-26(15-13-22)19-9-5-4-8-18(19)21(24)28/h4-5,8-9,17H,1-3,6-7,10-15H2,(H2,24,28)(H,25,27). The molecule has 28 heavy (non-hydrogen) atoms. The van der Waals surface area contributed by atoms with E-state index in [-0.39, 0.29) is 5.91 Å². The molecule has 3 N–H and O–H groups in total. The number of nitriles is 1. The predicted octanol–water partition coefficient (Wildman–Crippen LogP) is 3.12. The van der Waals surface area contributed by atoms with Crippen LogP contribution in [0.3, 0.4) is 0 Å². The Labute approximate surface area is 167 Å². The maximum Gasteiger partial charge on any atom is 0.250 e. The smallest absolute Gasteiger partial charge is 0.250 e. The Kier molecular flexibility index (Phi) is 6.56. The van der Waals surface area contributed by atoms with E-state index in [2.05, 4.69) is 16.3 Å². The van der Waals surface area contributed by atoms with Gasteiger partial charge in [0.25, 0.3) is 5.91 Å². The Balaban J connectivity index is 1.55. The van der Waals surface area contributed by atoms with Crippen molar-refractivity contribution in [1.82, 2.24) is 5.32 Å². The largest absolute Gasteiger partial charge is 0.371 e.